The topological polar surface area (TPSA) is 83.6 Å². The van der Waals surface area contributed by atoms with Crippen LogP contribution in [0.2, 0.25) is 5.02 Å². The van der Waals surface area contributed by atoms with Gasteiger partial charge in [-0.1, -0.05) is 24.8 Å². The predicted molar refractivity (Wildman–Crippen MR) is 146 cm³/mol. The molecule has 0 bridgehead atoms. The molecule has 0 saturated carbocycles. The quantitative estimate of drug-likeness (QED) is 0.387. The average Bonchev–Trinajstić information content (AvgIpc) is 3.45. The molecule has 2 aliphatic rings. The first kappa shape index (κ1) is 26.7. The van der Waals surface area contributed by atoms with Crippen LogP contribution in [0.25, 0.3) is 28.2 Å². The van der Waals surface area contributed by atoms with Crippen LogP contribution in [0.1, 0.15) is 29.9 Å². The van der Waals surface area contributed by atoms with Crippen molar-refractivity contribution in [2.24, 2.45) is 7.05 Å². The van der Waals surface area contributed by atoms with E-state index < -0.39 is 11.4 Å². The molecule has 1 saturated heterocycles. The Morgan fingerprint density at radius 3 is 2.67 bits per heavy atom. The summed E-state index contributed by atoms with van der Waals surface area (Å²) in [5, 5.41) is 9.64. The van der Waals surface area contributed by atoms with Crippen molar-refractivity contribution in [3.05, 3.63) is 65.7 Å². The van der Waals surface area contributed by atoms with E-state index in [1.165, 1.54) is 16.8 Å². The maximum absolute atomic E-state index is 14.0. The van der Waals surface area contributed by atoms with Gasteiger partial charge in [0, 0.05) is 42.5 Å². The van der Waals surface area contributed by atoms with Crippen LogP contribution in [0, 0.1) is 0 Å². The number of carbonyl (C=O) groups excluding carboxylic acids is 1. The largest absolute Gasteiger partial charge is 0.496 e. The van der Waals surface area contributed by atoms with Crippen LogP contribution in [-0.2, 0) is 18.4 Å². The van der Waals surface area contributed by atoms with E-state index in [1.54, 1.807) is 36.0 Å². The number of hydrogen-bond acceptors (Lipinski definition) is 6. The number of nitrogens with zero attached hydrogens (tertiary/aromatic N) is 5. The Kier molecular flexibility index (Phi) is 6.86. The van der Waals surface area contributed by atoms with E-state index in [2.05, 4.69) is 18.3 Å². The van der Waals surface area contributed by atoms with Gasteiger partial charge in [0.05, 0.1) is 42.3 Å². The van der Waals surface area contributed by atoms with Crippen LogP contribution in [-0.4, -0.2) is 62.8 Å². The standard InChI is InChI=1S/C28H29ClFN5O4/c1-7-17(10-16(2)30)35-26-19-11-18(24-21(29)13-33(5)31-24)22(37-6)12-23(19)39-14-20(26)25(32-35)27(36)34-8-9-38-15-28(34,3)4/h7,10-13H,1-2,8-9,14-15H2,3-6H3/b17-10+. The number of carbonyl (C=O) groups is 1. The van der Waals surface area contributed by atoms with Crippen molar-refractivity contribution in [3.63, 3.8) is 0 Å². The van der Waals surface area contributed by atoms with Crippen LogP contribution in [0.4, 0.5) is 4.39 Å². The first-order valence-electron chi connectivity index (χ1n) is 12.3. The highest BCUT2D eigenvalue weighted by molar-refractivity contribution is 6.33. The zero-order chi connectivity index (χ0) is 28.1. The van der Waals surface area contributed by atoms with Gasteiger partial charge in [0.2, 0.25) is 0 Å². The second-order valence-electron chi connectivity index (χ2n) is 9.97. The number of halogens is 2. The van der Waals surface area contributed by atoms with Gasteiger partial charge in [-0.05, 0) is 32.1 Å². The number of aromatic nitrogens is 4. The number of amides is 1. The smallest absolute Gasteiger partial charge is 0.275 e. The number of ether oxygens (including phenoxy) is 3. The lowest BCUT2D eigenvalue weighted by Crippen LogP contribution is -2.55. The molecule has 39 heavy (non-hydrogen) atoms. The Balaban J connectivity index is 1.76. The Bertz CT molecular complexity index is 1540. The SMILES string of the molecule is C=C/C(=C\C(=C)F)n1nc(C(=O)N2CCOCC2(C)C)c2c1-c1cc(-c3nn(C)cc3Cl)c(OC)cc1OC2. The number of benzene rings is 1. The fraction of sp³-hybridized carbons (Fsp3) is 0.321. The Morgan fingerprint density at radius 2 is 2.05 bits per heavy atom. The molecule has 204 valence electrons. The first-order chi connectivity index (χ1) is 18.6. The third-order valence-corrected chi connectivity index (χ3v) is 7.08. The number of methoxy groups -OCH3 is 1. The van der Waals surface area contributed by atoms with Gasteiger partial charge in [-0.15, -0.1) is 0 Å². The van der Waals surface area contributed by atoms with Crippen molar-refractivity contribution < 1.29 is 23.4 Å². The zero-order valence-corrected chi connectivity index (χ0v) is 23.0. The maximum atomic E-state index is 14.0. The second kappa shape index (κ2) is 10.0. The van der Waals surface area contributed by atoms with E-state index in [4.69, 9.17) is 30.9 Å². The van der Waals surface area contributed by atoms with E-state index in [1.807, 2.05) is 19.9 Å². The van der Waals surface area contributed by atoms with Crippen molar-refractivity contribution in [2.45, 2.75) is 26.0 Å². The summed E-state index contributed by atoms with van der Waals surface area (Å²) in [6, 6.07) is 3.57. The monoisotopic (exact) mass is 553 g/mol. The van der Waals surface area contributed by atoms with Crippen LogP contribution in [0.5, 0.6) is 11.5 Å². The zero-order valence-electron chi connectivity index (χ0n) is 22.3. The van der Waals surface area contributed by atoms with E-state index in [9.17, 15) is 9.18 Å². The molecule has 1 amide bonds. The number of hydrogen-bond donors (Lipinski definition) is 0. The van der Waals surface area contributed by atoms with E-state index in [0.717, 1.165) is 0 Å². The molecule has 9 nitrogen and oxygen atoms in total. The van der Waals surface area contributed by atoms with Gasteiger partial charge in [-0.2, -0.15) is 10.2 Å². The van der Waals surface area contributed by atoms with Gasteiger partial charge in [0.1, 0.15) is 29.6 Å². The van der Waals surface area contributed by atoms with Crippen LogP contribution in [0.15, 0.2) is 49.5 Å². The molecule has 2 aliphatic heterocycles. The molecule has 0 aliphatic carbocycles. The molecule has 0 spiro atoms. The van der Waals surface area contributed by atoms with Gasteiger partial charge in [0.25, 0.3) is 5.91 Å². The van der Waals surface area contributed by atoms with E-state index in [0.29, 0.717) is 70.1 Å². The van der Waals surface area contributed by atoms with Gasteiger partial charge in [0.15, 0.2) is 5.69 Å². The molecule has 11 heteroatoms. The van der Waals surface area contributed by atoms with Gasteiger partial charge in [-0.25, -0.2) is 9.07 Å². The molecular formula is C28H29ClFN5O4. The highest BCUT2D eigenvalue weighted by atomic mass is 35.5. The summed E-state index contributed by atoms with van der Waals surface area (Å²) in [7, 11) is 3.32. The molecule has 2 aromatic heterocycles. The second-order valence-corrected chi connectivity index (χ2v) is 10.4. The minimum absolute atomic E-state index is 0.0714. The molecule has 3 aromatic rings. The van der Waals surface area contributed by atoms with E-state index in [-0.39, 0.29) is 18.2 Å². The highest BCUT2D eigenvalue weighted by Gasteiger charge is 2.39. The van der Waals surface area contributed by atoms with E-state index >= 15 is 0 Å². The minimum atomic E-state index is -0.681. The summed E-state index contributed by atoms with van der Waals surface area (Å²) >= 11 is 6.49. The molecule has 1 aromatic carbocycles. The molecule has 0 radical (unpaired) electrons. The number of allylic oxidation sites excluding steroid dienone is 4. The maximum Gasteiger partial charge on any atom is 0.275 e. The molecule has 4 heterocycles. The number of rotatable bonds is 6. The predicted octanol–water partition coefficient (Wildman–Crippen LogP) is 5.27. The fourth-order valence-corrected chi connectivity index (χ4v) is 5.24. The lowest BCUT2D eigenvalue weighted by Gasteiger charge is -2.41. The van der Waals surface area contributed by atoms with Gasteiger partial charge in [-0.3, -0.25) is 9.48 Å². The van der Waals surface area contributed by atoms with Gasteiger partial charge >= 0.3 is 0 Å². The normalized spacial score (nSPS) is 16.3. The molecule has 1 fully saturated rings. The van der Waals surface area contributed by atoms with Crippen LogP contribution < -0.4 is 9.47 Å². The third kappa shape index (κ3) is 4.63. The molecule has 0 unspecified atom stereocenters. The lowest BCUT2D eigenvalue weighted by atomic mass is 9.96. The van der Waals surface area contributed by atoms with Gasteiger partial charge < -0.3 is 19.1 Å². The molecular weight excluding hydrogens is 525 g/mol. The number of morpholine rings is 1. The summed E-state index contributed by atoms with van der Waals surface area (Å²) in [5.41, 5.74) is 2.84. The van der Waals surface area contributed by atoms with Crippen molar-refractivity contribution in [3.8, 4) is 34.0 Å². The van der Waals surface area contributed by atoms with Crippen molar-refractivity contribution >= 4 is 23.2 Å². The summed E-state index contributed by atoms with van der Waals surface area (Å²) in [5.74, 6) is 0.0602. The molecule has 0 N–H and O–H groups in total. The summed E-state index contributed by atoms with van der Waals surface area (Å²) < 4.78 is 34.5. The van der Waals surface area contributed by atoms with Crippen molar-refractivity contribution in [2.75, 3.05) is 26.9 Å². The van der Waals surface area contributed by atoms with Crippen molar-refractivity contribution in [1.29, 1.82) is 0 Å². The summed E-state index contributed by atoms with van der Waals surface area (Å²) in [4.78, 5) is 15.7. The Labute approximate surface area is 230 Å². The van der Waals surface area contributed by atoms with Crippen LogP contribution in [0.3, 0.4) is 0 Å². The highest BCUT2D eigenvalue weighted by Crippen LogP contribution is 2.47. The first-order valence-corrected chi connectivity index (χ1v) is 12.7. The Hall–Kier alpha value is -3.89. The fourth-order valence-electron chi connectivity index (χ4n) is 4.96. The van der Waals surface area contributed by atoms with Crippen molar-refractivity contribution in [1.82, 2.24) is 24.5 Å². The minimum Gasteiger partial charge on any atom is -0.496 e. The third-order valence-electron chi connectivity index (χ3n) is 6.80. The number of fused-ring (bicyclic) bond motifs is 3. The van der Waals surface area contributed by atoms with Crippen LogP contribution >= 0.6 is 11.6 Å². The molecule has 5 rings (SSSR count). The Morgan fingerprint density at radius 1 is 1.28 bits per heavy atom. The summed E-state index contributed by atoms with van der Waals surface area (Å²) in [6.07, 6.45) is 4.36. The lowest BCUT2D eigenvalue weighted by molar-refractivity contribution is -0.0374. The number of aryl methyl sites for hydroxylation is 1. The summed E-state index contributed by atoms with van der Waals surface area (Å²) in [6.45, 7) is 12.4. The average molecular weight is 554 g/mol. The molecule has 0 atom stereocenters.